The van der Waals surface area contributed by atoms with Gasteiger partial charge >= 0.3 is 0 Å². The van der Waals surface area contributed by atoms with Crippen molar-refractivity contribution in [2.45, 2.75) is 4.90 Å². The van der Waals surface area contributed by atoms with Crippen LogP contribution in [0.2, 0.25) is 0 Å². The number of thioether (sulfide) groups is 1. The molecule has 0 aliphatic carbocycles. The van der Waals surface area contributed by atoms with Gasteiger partial charge in [-0.15, -0.1) is 11.8 Å². The second kappa shape index (κ2) is 3.58. The zero-order valence-corrected chi connectivity index (χ0v) is 7.12. The molecule has 0 bridgehead atoms. The fourth-order valence-electron chi connectivity index (χ4n) is 0.810. The van der Waals surface area contributed by atoms with Crippen molar-refractivity contribution in [3.63, 3.8) is 0 Å². The molecule has 0 saturated heterocycles. The van der Waals surface area contributed by atoms with E-state index in [0.29, 0.717) is 4.90 Å². The van der Waals surface area contributed by atoms with Gasteiger partial charge in [-0.25, -0.2) is 4.39 Å². The summed E-state index contributed by atoms with van der Waals surface area (Å²) in [5.41, 5.74) is 0.820. The lowest BCUT2D eigenvalue weighted by atomic mass is 10.2. The van der Waals surface area contributed by atoms with E-state index in [0.717, 1.165) is 5.56 Å². The van der Waals surface area contributed by atoms with Gasteiger partial charge in [0.25, 0.3) is 0 Å². The van der Waals surface area contributed by atoms with E-state index in [1.54, 1.807) is 12.1 Å². The number of halogens is 1. The topological polar surface area (TPSA) is 0 Å². The van der Waals surface area contributed by atoms with Gasteiger partial charge in [-0.05, 0) is 24.0 Å². The van der Waals surface area contributed by atoms with E-state index in [9.17, 15) is 4.39 Å². The first-order valence-electron chi connectivity index (χ1n) is 3.24. The fourth-order valence-corrected chi connectivity index (χ4v) is 1.27. The van der Waals surface area contributed by atoms with Crippen LogP contribution in [0.25, 0.3) is 6.08 Å². The van der Waals surface area contributed by atoms with Crippen LogP contribution in [-0.4, -0.2) is 6.26 Å². The molecule has 0 atom stereocenters. The van der Waals surface area contributed by atoms with Crippen molar-refractivity contribution in [2.24, 2.45) is 0 Å². The molecule has 0 spiro atoms. The molecule has 1 aromatic rings. The minimum absolute atomic E-state index is 0.171. The van der Waals surface area contributed by atoms with Crippen molar-refractivity contribution in [3.05, 3.63) is 36.2 Å². The molecule has 11 heavy (non-hydrogen) atoms. The van der Waals surface area contributed by atoms with Crippen molar-refractivity contribution < 1.29 is 4.39 Å². The molecule has 0 N–H and O–H groups in total. The zero-order valence-electron chi connectivity index (χ0n) is 6.30. The highest BCUT2D eigenvalue weighted by molar-refractivity contribution is 7.98. The Morgan fingerprint density at radius 1 is 1.55 bits per heavy atom. The Balaban J connectivity index is 3.09. The summed E-state index contributed by atoms with van der Waals surface area (Å²) in [7, 11) is 0. The van der Waals surface area contributed by atoms with Crippen LogP contribution < -0.4 is 0 Å². The van der Waals surface area contributed by atoms with E-state index in [1.807, 2.05) is 12.3 Å². The average Bonchev–Trinajstić information content (AvgIpc) is 2.04. The summed E-state index contributed by atoms with van der Waals surface area (Å²) >= 11 is 1.41. The van der Waals surface area contributed by atoms with E-state index in [-0.39, 0.29) is 5.82 Å². The van der Waals surface area contributed by atoms with Gasteiger partial charge in [0.2, 0.25) is 0 Å². The van der Waals surface area contributed by atoms with Crippen LogP contribution in [0.3, 0.4) is 0 Å². The van der Waals surface area contributed by atoms with E-state index in [1.165, 1.54) is 17.8 Å². The maximum absolute atomic E-state index is 13.0. The highest BCUT2D eigenvalue weighted by atomic mass is 32.2. The Bertz CT molecular complexity index is 268. The van der Waals surface area contributed by atoms with Crippen molar-refractivity contribution in [1.29, 1.82) is 0 Å². The van der Waals surface area contributed by atoms with Crippen LogP contribution in [0.5, 0.6) is 0 Å². The Morgan fingerprint density at radius 2 is 2.27 bits per heavy atom. The van der Waals surface area contributed by atoms with E-state index in [4.69, 9.17) is 0 Å². The lowest BCUT2D eigenvalue weighted by Crippen LogP contribution is -1.80. The van der Waals surface area contributed by atoms with E-state index < -0.39 is 0 Å². The Kier molecular flexibility index (Phi) is 2.71. The average molecular weight is 168 g/mol. The van der Waals surface area contributed by atoms with E-state index >= 15 is 0 Å². The molecule has 0 aliphatic heterocycles. The maximum atomic E-state index is 13.0. The Hall–Kier alpha value is -0.760. The second-order valence-electron chi connectivity index (χ2n) is 2.10. The van der Waals surface area contributed by atoms with Crippen LogP contribution in [0.4, 0.5) is 4.39 Å². The Morgan fingerprint density at radius 3 is 2.73 bits per heavy atom. The first kappa shape index (κ1) is 8.34. The van der Waals surface area contributed by atoms with Crippen LogP contribution in [0.15, 0.2) is 29.7 Å². The molecule has 0 aromatic heterocycles. The highest BCUT2D eigenvalue weighted by Crippen LogP contribution is 2.19. The summed E-state index contributed by atoms with van der Waals surface area (Å²) in [6.45, 7) is 3.55. The lowest BCUT2D eigenvalue weighted by molar-refractivity contribution is 0.602. The number of hydrogen-bond donors (Lipinski definition) is 0. The molecule has 0 unspecified atom stereocenters. The molecule has 0 nitrogen and oxygen atoms in total. The van der Waals surface area contributed by atoms with Gasteiger partial charge in [-0.1, -0.05) is 18.7 Å². The van der Waals surface area contributed by atoms with E-state index in [2.05, 4.69) is 6.58 Å². The lowest BCUT2D eigenvalue weighted by Gasteiger charge is -1.98. The molecule has 58 valence electrons. The van der Waals surface area contributed by atoms with Gasteiger partial charge < -0.3 is 0 Å². The maximum Gasteiger partial charge on any atom is 0.137 e. The minimum Gasteiger partial charge on any atom is -0.206 e. The summed E-state index contributed by atoms with van der Waals surface area (Å²) in [5, 5.41) is 0. The smallest absolute Gasteiger partial charge is 0.137 e. The summed E-state index contributed by atoms with van der Waals surface area (Å²) in [5.74, 6) is -0.171. The van der Waals surface area contributed by atoms with Gasteiger partial charge in [0.05, 0.1) is 0 Å². The van der Waals surface area contributed by atoms with Gasteiger partial charge in [0.15, 0.2) is 0 Å². The van der Waals surface area contributed by atoms with Gasteiger partial charge in [-0.3, -0.25) is 0 Å². The molecule has 0 saturated carbocycles. The fraction of sp³-hybridized carbons (Fsp3) is 0.111. The molecular formula is C9H9FS. The predicted octanol–water partition coefficient (Wildman–Crippen LogP) is 3.19. The largest absolute Gasteiger partial charge is 0.206 e. The summed E-state index contributed by atoms with van der Waals surface area (Å²) in [4.78, 5) is 0.676. The molecule has 1 rings (SSSR count). The molecule has 0 heterocycles. The van der Waals surface area contributed by atoms with Crippen molar-refractivity contribution >= 4 is 17.8 Å². The second-order valence-corrected chi connectivity index (χ2v) is 2.95. The molecule has 0 fully saturated rings. The third-order valence-corrected chi connectivity index (χ3v) is 2.18. The molecule has 1 aromatic carbocycles. The summed E-state index contributed by atoms with van der Waals surface area (Å²) in [6, 6.07) is 5.10. The van der Waals surface area contributed by atoms with Gasteiger partial charge in [-0.2, -0.15) is 0 Å². The predicted molar refractivity (Wildman–Crippen MR) is 48.3 cm³/mol. The normalized spacial score (nSPS) is 9.64. The number of hydrogen-bond acceptors (Lipinski definition) is 1. The van der Waals surface area contributed by atoms with Crippen LogP contribution in [0, 0.1) is 5.82 Å². The third-order valence-electron chi connectivity index (χ3n) is 1.41. The summed E-state index contributed by atoms with van der Waals surface area (Å²) < 4.78 is 13.0. The van der Waals surface area contributed by atoms with Crippen molar-refractivity contribution in [1.82, 2.24) is 0 Å². The van der Waals surface area contributed by atoms with Crippen LogP contribution in [0.1, 0.15) is 5.56 Å². The first-order valence-corrected chi connectivity index (χ1v) is 4.46. The SMILES string of the molecule is C=Cc1ccc(SC)c(F)c1. The zero-order chi connectivity index (χ0) is 8.27. The Labute approximate surface area is 70.1 Å². The van der Waals surface area contributed by atoms with Crippen LogP contribution >= 0.6 is 11.8 Å². The van der Waals surface area contributed by atoms with Gasteiger partial charge in [0.1, 0.15) is 5.82 Å². The molecule has 2 heteroatoms. The third kappa shape index (κ3) is 1.84. The van der Waals surface area contributed by atoms with Crippen LogP contribution in [-0.2, 0) is 0 Å². The molecular weight excluding hydrogens is 159 g/mol. The van der Waals surface area contributed by atoms with Gasteiger partial charge in [0, 0.05) is 4.90 Å². The first-order chi connectivity index (χ1) is 5.27. The minimum atomic E-state index is -0.171. The quantitative estimate of drug-likeness (QED) is 0.611. The summed E-state index contributed by atoms with van der Waals surface area (Å²) in [6.07, 6.45) is 3.49. The van der Waals surface area contributed by atoms with Crippen molar-refractivity contribution in [3.8, 4) is 0 Å². The number of benzene rings is 1. The number of rotatable bonds is 2. The monoisotopic (exact) mass is 168 g/mol. The highest BCUT2D eigenvalue weighted by Gasteiger charge is 1.98. The standard InChI is InChI=1S/C9H9FS/c1-3-7-4-5-9(11-2)8(10)6-7/h3-6H,1H2,2H3. The molecule has 0 aliphatic rings. The molecule has 0 radical (unpaired) electrons. The van der Waals surface area contributed by atoms with Crippen molar-refractivity contribution in [2.75, 3.05) is 6.26 Å². The molecule has 0 amide bonds.